The summed E-state index contributed by atoms with van der Waals surface area (Å²) in [5.41, 5.74) is 2.46. The van der Waals surface area contributed by atoms with Gasteiger partial charge in [0.25, 0.3) is 0 Å². The normalized spacial score (nSPS) is 13.2. The molecule has 2 N–H and O–H groups in total. The van der Waals surface area contributed by atoms with E-state index >= 15 is 0 Å². The molecule has 1 aromatic carbocycles. The maximum atomic E-state index is 9.00. The zero-order chi connectivity index (χ0) is 10.6. The number of aryl methyl sites for hydroxylation is 1. The molecule has 0 aliphatic rings. The van der Waals surface area contributed by atoms with Gasteiger partial charge in [0.05, 0.1) is 0 Å². The minimum atomic E-state index is -1.77. The molecule has 0 fully saturated rings. The third-order valence-electron chi connectivity index (χ3n) is 2.22. The molecule has 1 rings (SSSR count). The molecule has 0 heterocycles. The van der Waals surface area contributed by atoms with Crippen LogP contribution >= 0.6 is 8.38 Å². The zero-order valence-corrected chi connectivity index (χ0v) is 11.5. The van der Waals surface area contributed by atoms with Gasteiger partial charge in [0.15, 0.2) is 0 Å². The molecule has 2 atom stereocenters. The molecule has 0 aliphatic carbocycles. The van der Waals surface area contributed by atoms with Crippen molar-refractivity contribution in [1.82, 2.24) is 0 Å². The van der Waals surface area contributed by atoms with Crippen molar-refractivity contribution in [1.29, 1.82) is 0 Å². The maximum absolute atomic E-state index is 9.00. The van der Waals surface area contributed by atoms with E-state index in [9.17, 15) is 0 Å². The Morgan fingerprint density at radius 2 is 1.86 bits per heavy atom. The van der Waals surface area contributed by atoms with Crippen LogP contribution in [-0.2, 0) is 0 Å². The van der Waals surface area contributed by atoms with E-state index in [4.69, 9.17) is 9.79 Å². The first kappa shape index (κ1) is 12.2. The molecular weight excluding hydrogens is 258 g/mol. The second kappa shape index (κ2) is 5.88. The quantitative estimate of drug-likeness (QED) is 0.644. The summed E-state index contributed by atoms with van der Waals surface area (Å²) in [5, 5.41) is 1.01. The summed E-state index contributed by atoms with van der Waals surface area (Å²) in [7, 11) is -1.77. The first-order valence-corrected chi connectivity index (χ1v) is 7.70. The fourth-order valence-electron chi connectivity index (χ4n) is 1.35. The Morgan fingerprint density at radius 3 is 2.29 bits per heavy atom. The van der Waals surface area contributed by atoms with Crippen molar-refractivity contribution in [2.45, 2.75) is 18.1 Å². The van der Waals surface area contributed by atoms with Gasteiger partial charge in [-0.2, -0.15) is 0 Å². The minimum absolute atomic E-state index is 0.303. The second-order valence-corrected chi connectivity index (χ2v) is 5.50. The Labute approximate surface area is 94.8 Å². The van der Waals surface area contributed by atoms with Crippen molar-refractivity contribution in [2.24, 2.45) is 0 Å². The Kier molecular flexibility index (Phi) is 5.12. The third-order valence-corrected chi connectivity index (χ3v) is 4.18. The van der Waals surface area contributed by atoms with Gasteiger partial charge < -0.3 is 0 Å². The van der Waals surface area contributed by atoms with Crippen molar-refractivity contribution in [3.63, 3.8) is 0 Å². The fraction of sp³-hybridized carbons (Fsp3) is 0.400. The summed E-state index contributed by atoms with van der Waals surface area (Å²) in [6.07, 6.45) is 0.497. The van der Waals surface area contributed by atoms with Crippen LogP contribution in [-0.4, -0.2) is 32.8 Å². The number of rotatable bonds is 4. The summed E-state index contributed by atoms with van der Waals surface area (Å²) in [6.45, 7) is 2.06. The standard InChI is InChI=1S/C10H16AsO2P/c1-8-2-4-9(5-3-8)10(6-11)7-14(12)13/h2-5,10,12-13H,6-7,11H2,1H3. The van der Waals surface area contributed by atoms with Crippen LogP contribution < -0.4 is 0 Å². The number of hydrogen-bond donors (Lipinski definition) is 2. The SMILES string of the molecule is Cc1ccc(C(C[AsH2])CP(O)O)cc1. The van der Waals surface area contributed by atoms with E-state index in [2.05, 4.69) is 31.2 Å². The molecule has 0 saturated carbocycles. The summed E-state index contributed by atoms with van der Waals surface area (Å²) < 4.78 is 0. The van der Waals surface area contributed by atoms with Gasteiger partial charge in [0.1, 0.15) is 0 Å². The Morgan fingerprint density at radius 1 is 1.29 bits per heavy atom. The molecule has 0 spiro atoms. The monoisotopic (exact) mass is 274 g/mol. The van der Waals surface area contributed by atoms with E-state index in [-0.39, 0.29) is 0 Å². The van der Waals surface area contributed by atoms with Crippen LogP contribution in [0.25, 0.3) is 0 Å². The second-order valence-electron chi connectivity index (χ2n) is 3.40. The van der Waals surface area contributed by atoms with Crippen LogP contribution in [0.3, 0.4) is 0 Å². The third kappa shape index (κ3) is 3.71. The molecule has 2 unspecified atom stereocenters. The number of hydrogen-bond acceptors (Lipinski definition) is 2. The van der Waals surface area contributed by atoms with Crippen molar-refractivity contribution >= 4 is 25.2 Å². The molecule has 0 radical (unpaired) electrons. The molecule has 0 amide bonds. The summed E-state index contributed by atoms with van der Waals surface area (Å²) in [5.74, 6) is 0.303. The first-order valence-electron chi connectivity index (χ1n) is 4.55. The van der Waals surface area contributed by atoms with Crippen LogP contribution in [0.1, 0.15) is 17.0 Å². The molecule has 1 aromatic rings. The van der Waals surface area contributed by atoms with Crippen LogP contribution in [0.15, 0.2) is 24.3 Å². The van der Waals surface area contributed by atoms with E-state index in [1.54, 1.807) is 16.9 Å². The van der Waals surface area contributed by atoms with E-state index in [1.807, 2.05) is 0 Å². The molecule has 0 aliphatic heterocycles. The van der Waals surface area contributed by atoms with E-state index in [1.165, 1.54) is 11.1 Å². The van der Waals surface area contributed by atoms with Crippen molar-refractivity contribution < 1.29 is 9.79 Å². The van der Waals surface area contributed by atoms with Gasteiger partial charge in [-0.25, -0.2) is 0 Å². The van der Waals surface area contributed by atoms with Crippen LogP contribution in [0.2, 0.25) is 5.21 Å². The summed E-state index contributed by atoms with van der Waals surface area (Å²) in [6, 6.07) is 8.31. The average molecular weight is 274 g/mol. The predicted octanol–water partition coefficient (Wildman–Crippen LogP) is 1.43. The molecular formula is C10H16AsO2P. The molecule has 14 heavy (non-hydrogen) atoms. The molecule has 0 saturated heterocycles. The molecule has 0 bridgehead atoms. The van der Waals surface area contributed by atoms with E-state index < -0.39 is 8.38 Å². The Balaban J connectivity index is 2.73. The molecule has 2 nitrogen and oxygen atoms in total. The van der Waals surface area contributed by atoms with Crippen molar-refractivity contribution in [3.05, 3.63) is 35.4 Å². The Bertz CT molecular complexity index is 274. The summed E-state index contributed by atoms with van der Waals surface area (Å²) >= 11 is 1.63. The van der Waals surface area contributed by atoms with Gasteiger partial charge >= 0.3 is 94.6 Å². The zero-order valence-electron chi connectivity index (χ0n) is 8.22. The van der Waals surface area contributed by atoms with Crippen LogP contribution in [0.5, 0.6) is 0 Å². The van der Waals surface area contributed by atoms with Gasteiger partial charge in [-0.3, -0.25) is 0 Å². The fourth-order valence-corrected chi connectivity index (χ4v) is 3.62. The van der Waals surface area contributed by atoms with Crippen molar-refractivity contribution in [2.75, 3.05) is 6.16 Å². The van der Waals surface area contributed by atoms with Gasteiger partial charge in [-0.15, -0.1) is 0 Å². The molecule has 0 aromatic heterocycles. The van der Waals surface area contributed by atoms with E-state index in [0.717, 1.165) is 5.21 Å². The van der Waals surface area contributed by atoms with Gasteiger partial charge in [0.2, 0.25) is 0 Å². The predicted molar refractivity (Wildman–Crippen MR) is 63.5 cm³/mol. The average Bonchev–Trinajstić information content (AvgIpc) is 2.15. The van der Waals surface area contributed by atoms with Crippen LogP contribution in [0.4, 0.5) is 0 Å². The van der Waals surface area contributed by atoms with Gasteiger partial charge in [-0.1, -0.05) is 0 Å². The van der Waals surface area contributed by atoms with Gasteiger partial charge in [-0.05, 0) is 0 Å². The summed E-state index contributed by atoms with van der Waals surface area (Å²) in [4.78, 5) is 18.0. The van der Waals surface area contributed by atoms with Crippen molar-refractivity contribution in [3.8, 4) is 0 Å². The molecule has 78 valence electrons. The van der Waals surface area contributed by atoms with E-state index in [0.29, 0.717) is 12.1 Å². The number of benzene rings is 1. The van der Waals surface area contributed by atoms with Gasteiger partial charge in [0, 0.05) is 0 Å². The Hall–Kier alpha value is 0.128. The van der Waals surface area contributed by atoms with Crippen LogP contribution in [0, 0.1) is 6.92 Å². The topological polar surface area (TPSA) is 40.5 Å². The molecule has 4 heteroatoms. The first-order chi connectivity index (χ1) is 6.63.